The van der Waals surface area contributed by atoms with Gasteiger partial charge in [0.25, 0.3) is 5.91 Å². The first-order chi connectivity index (χ1) is 8.14. The van der Waals surface area contributed by atoms with E-state index >= 15 is 0 Å². The van der Waals surface area contributed by atoms with Gasteiger partial charge in [0.1, 0.15) is 5.67 Å². The van der Waals surface area contributed by atoms with E-state index in [0.717, 1.165) is 0 Å². The number of benzene rings is 1. The number of amides is 1. The molecule has 1 fully saturated rings. The van der Waals surface area contributed by atoms with Gasteiger partial charge in [-0.3, -0.25) is 4.79 Å². The number of carbonyl (C=O) groups excluding carboxylic acids is 1. The van der Waals surface area contributed by atoms with Gasteiger partial charge < -0.3 is 10.6 Å². The van der Waals surface area contributed by atoms with Gasteiger partial charge in [-0.05, 0) is 12.1 Å². The van der Waals surface area contributed by atoms with E-state index in [9.17, 15) is 9.18 Å². The van der Waals surface area contributed by atoms with E-state index in [1.807, 2.05) is 18.2 Å². The SMILES string of the molecule is NCC1(F)CCN(C(=O)c2ccccc2)CC1. The largest absolute Gasteiger partial charge is 0.338 e. The number of halogens is 1. The van der Waals surface area contributed by atoms with Crippen molar-refractivity contribution in [3.63, 3.8) is 0 Å². The van der Waals surface area contributed by atoms with Gasteiger partial charge in [0, 0.05) is 38.0 Å². The Labute approximate surface area is 100 Å². The summed E-state index contributed by atoms with van der Waals surface area (Å²) in [5, 5.41) is 0. The first kappa shape index (κ1) is 12.0. The van der Waals surface area contributed by atoms with Crippen molar-refractivity contribution in [2.75, 3.05) is 19.6 Å². The smallest absolute Gasteiger partial charge is 0.253 e. The summed E-state index contributed by atoms with van der Waals surface area (Å²) in [6.45, 7) is 0.934. The predicted octanol–water partition coefficient (Wildman–Crippen LogP) is 1.59. The van der Waals surface area contributed by atoms with Crippen LogP contribution >= 0.6 is 0 Å². The van der Waals surface area contributed by atoms with Crippen LogP contribution in [0.3, 0.4) is 0 Å². The second-order valence-electron chi connectivity index (χ2n) is 4.51. The molecule has 0 aliphatic carbocycles. The Morgan fingerprint density at radius 2 is 1.88 bits per heavy atom. The van der Waals surface area contributed by atoms with E-state index in [1.54, 1.807) is 17.0 Å². The Kier molecular flexibility index (Phi) is 3.43. The second-order valence-corrected chi connectivity index (χ2v) is 4.51. The van der Waals surface area contributed by atoms with Crippen LogP contribution in [0.5, 0.6) is 0 Å². The number of nitrogens with two attached hydrogens (primary N) is 1. The zero-order valence-electron chi connectivity index (χ0n) is 9.73. The number of rotatable bonds is 2. The predicted molar refractivity (Wildman–Crippen MR) is 64.5 cm³/mol. The molecule has 1 aromatic rings. The maximum Gasteiger partial charge on any atom is 0.253 e. The average Bonchev–Trinajstić information content (AvgIpc) is 2.40. The fourth-order valence-electron chi connectivity index (χ4n) is 2.08. The first-order valence-electron chi connectivity index (χ1n) is 5.88. The van der Waals surface area contributed by atoms with Gasteiger partial charge in [0.05, 0.1) is 0 Å². The van der Waals surface area contributed by atoms with E-state index in [2.05, 4.69) is 0 Å². The van der Waals surface area contributed by atoms with E-state index in [-0.39, 0.29) is 12.5 Å². The molecule has 0 unspecified atom stereocenters. The minimum Gasteiger partial charge on any atom is -0.338 e. The minimum atomic E-state index is -1.28. The molecule has 0 atom stereocenters. The topological polar surface area (TPSA) is 46.3 Å². The summed E-state index contributed by atoms with van der Waals surface area (Å²) in [7, 11) is 0. The van der Waals surface area contributed by atoms with Crippen LogP contribution in [0.2, 0.25) is 0 Å². The molecule has 1 aliphatic rings. The van der Waals surface area contributed by atoms with Gasteiger partial charge in [-0.1, -0.05) is 18.2 Å². The monoisotopic (exact) mass is 236 g/mol. The zero-order valence-corrected chi connectivity index (χ0v) is 9.73. The van der Waals surface area contributed by atoms with Crippen LogP contribution in [0.25, 0.3) is 0 Å². The molecule has 1 saturated heterocycles. The lowest BCUT2D eigenvalue weighted by atomic mass is 9.93. The standard InChI is InChI=1S/C13H17FN2O/c14-13(10-15)6-8-16(9-7-13)12(17)11-4-2-1-3-5-11/h1-5H,6-10,15H2. The molecule has 1 aromatic carbocycles. The lowest BCUT2D eigenvalue weighted by molar-refractivity contribution is 0.0469. The molecule has 1 aliphatic heterocycles. The van der Waals surface area contributed by atoms with Crippen LogP contribution < -0.4 is 5.73 Å². The van der Waals surface area contributed by atoms with Crippen molar-refractivity contribution in [3.8, 4) is 0 Å². The van der Waals surface area contributed by atoms with Gasteiger partial charge in [-0.2, -0.15) is 0 Å². The molecule has 92 valence electrons. The van der Waals surface area contributed by atoms with Crippen molar-refractivity contribution in [1.29, 1.82) is 0 Å². The molecule has 17 heavy (non-hydrogen) atoms. The van der Waals surface area contributed by atoms with Crippen molar-refractivity contribution in [2.24, 2.45) is 5.73 Å². The highest BCUT2D eigenvalue weighted by atomic mass is 19.1. The molecule has 2 rings (SSSR count). The highest BCUT2D eigenvalue weighted by Crippen LogP contribution is 2.26. The number of hydrogen-bond acceptors (Lipinski definition) is 2. The van der Waals surface area contributed by atoms with Crippen molar-refractivity contribution in [1.82, 2.24) is 4.90 Å². The van der Waals surface area contributed by atoms with Crippen LogP contribution in [0, 0.1) is 0 Å². The Morgan fingerprint density at radius 1 is 1.29 bits per heavy atom. The van der Waals surface area contributed by atoms with Gasteiger partial charge >= 0.3 is 0 Å². The maximum atomic E-state index is 13.9. The maximum absolute atomic E-state index is 13.9. The molecule has 0 aromatic heterocycles. The van der Waals surface area contributed by atoms with Gasteiger partial charge in [0.15, 0.2) is 0 Å². The van der Waals surface area contributed by atoms with Crippen molar-refractivity contribution in [2.45, 2.75) is 18.5 Å². The Balaban J connectivity index is 2.00. The molecular formula is C13H17FN2O. The van der Waals surface area contributed by atoms with Crippen LogP contribution in [-0.4, -0.2) is 36.1 Å². The number of alkyl halides is 1. The zero-order chi connectivity index (χ0) is 12.3. The second kappa shape index (κ2) is 4.84. The molecule has 3 nitrogen and oxygen atoms in total. The Hall–Kier alpha value is -1.42. The van der Waals surface area contributed by atoms with E-state index in [0.29, 0.717) is 31.5 Å². The molecular weight excluding hydrogens is 219 g/mol. The van der Waals surface area contributed by atoms with Crippen LogP contribution in [-0.2, 0) is 0 Å². The number of nitrogens with zero attached hydrogens (tertiary/aromatic N) is 1. The molecule has 0 spiro atoms. The van der Waals surface area contributed by atoms with E-state index < -0.39 is 5.67 Å². The molecule has 2 N–H and O–H groups in total. The average molecular weight is 236 g/mol. The Morgan fingerprint density at radius 3 is 2.41 bits per heavy atom. The number of likely N-dealkylation sites (tertiary alicyclic amines) is 1. The van der Waals surface area contributed by atoms with Crippen LogP contribution in [0.1, 0.15) is 23.2 Å². The summed E-state index contributed by atoms with van der Waals surface area (Å²) in [6.07, 6.45) is 0.671. The summed E-state index contributed by atoms with van der Waals surface area (Å²) >= 11 is 0. The van der Waals surface area contributed by atoms with Crippen LogP contribution in [0.15, 0.2) is 30.3 Å². The molecule has 1 amide bonds. The van der Waals surface area contributed by atoms with Gasteiger partial charge in [-0.15, -0.1) is 0 Å². The Bertz CT molecular complexity index is 386. The fraction of sp³-hybridized carbons (Fsp3) is 0.462. The molecule has 1 heterocycles. The summed E-state index contributed by atoms with van der Waals surface area (Å²) < 4.78 is 13.9. The normalized spacial score (nSPS) is 19.1. The summed E-state index contributed by atoms with van der Waals surface area (Å²) in [5.41, 5.74) is 4.77. The summed E-state index contributed by atoms with van der Waals surface area (Å²) in [5.74, 6) is -0.0235. The first-order valence-corrected chi connectivity index (χ1v) is 5.88. The van der Waals surface area contributed by atoms with Crippen molar-refractivity contribution in [3.05, 3.63) is 35.9 Å². The van der Waals surface area contributed by atoms with Gasteiger partial charge in [0.2, 0.25) is 0 Å². The third-order valence-corrected chi connectivity index (χ3v) is 3.33. The fourth-order valence-corrected chi connectivity index (χ4v) is 2.08. The third kappa shape index (κ3) is 2.64. The molecule has 0 radical (unpaired) electrons. The summed E-state index contributed by atoms with van der Waals surface area (Å²) in [4.78, 5) is 13.8. The van der Waals surface area contributed by atoms with Gasteiger partial charge in [-0.25, -0.2) is 4.39 Å². The van der Waals surface area contributed by atoms with Crippen molar-refractivity contribution >= 4 is 5.91 Å². The third-order valence-electron chi connectivity index (χ3n) is 3.33. The van der Waals surface area contributed by atoms with E-state index in [1.165, 1.54) is 0 Å². The molecule has 4 heteroatoms. The molecule has 0 saturated carbocycles. The van der Waals surface area contributed by atoms with E-state index in [4.69, 9.17) is 5.73 Å². The quantitative estimate of drug-likeness (QED) is 0.847. The highest BCUT2D eigenvalue weighted by molar-refractivity contribution is 5.94. The van der Waals surface area contributed by atoms with Crippen molar-refractivity contribution < 1.29 is 9.18 Å². The molecule has 0 bridgehead atoms. The lowest BCUT2D eigenvalue weighted by Gasteiger charge is -2.35. The van der Waals surface area contributed by atoms with Crippen LogP contribution in [0.4, 0.5) is 4.39 Å². The number of carbonyl (C=O) groups is 1. The lowest BCUT2D eigenvalue weighted by Crippen LogP contribution is -2.47. The summed E-state index contributed by atoms with van der Waals surface area (Å²) in [6, 6.07) is 9.09. The minimum absolute atomic E-state index is 0.0235. The highest BCUT2D eigenvalue weighted by Gasteiger charge is 2.34. The number of hydrogen-bond donors (Lipinski definition) is 1. The number of piperidine rings is 1.